The van der Waals surface area contributed by atoms with Gasteiger partial charge in [-0.1, -0.05) is 25.4 Å². The molecule has 0 aliphatic heterocycles. The SMILES string of the molecule is CCCn1ncc(Cl)c1C(N)C1(OCC)CCC(C)CC1. The van der Waals surface area contributed by atoms with Crippen LogP contribution in [0.3, 0.4) is 0 Å². The first kappa shape index (κ1) is 16.8. The van der Waals surface area contributed by atoms with Crippen molar-refractivity contribution in [3.8, 4) is 0 Å². The second-order valence-corrected chi connectivity index (χ2v) is 6.67. The van der Waals surface area contributed by atoms with Gasteiger partial charge in [0, 0.05) is 13.2 Å². The lowest BCUT2D eigenvalue weighted by Crippen LogP contribution is -2.47. The molecule has 1 atom stereocenters. The number of hydrogen-bond acceptors (Lipinski definition) is 3. The molecular weight excluding hydrogens is 286 g/mol. The van der Waals surface area contributed by atoms with Crippen molar-refractivity contribution in [3.63, 3.8) is 0 Å². The van der Waals surface area contributed by atoms with Crippen LogP contribution >= 0.6 is 11.6 Å². The molecule has 5 heteroatoms. The molecule has 0 saturated heterocycles. The number of halogens is 1. The molecular formula is C16H28ClN3O. The molecule has 1 fully saturated rings. The molecule has 0 spiro atoms. The van der Waals surface area contributed by atoms with Crippen molar-refractivity contribution >= 4 is 11.6 Å². The van der Waals surface area contributed by atoms with Gasteiger partial charge in [-0.2, -0.15) is 5.10 Å². The molecule has 0 bridgehead atoms. The summed E-state index contributed by atoms with van der Waals surface area (Å²) in [5, 5.41) is 5.04. The lowest BCUT2D eigenvalue weighted by molar-refractivity contribution is -0.0911. The van der Waals surface area contributed by atoms with Gasteiger partial charge in [0.2, 0.25) is 0 Å². The Morgan fingerprint density at radius 3 is 2.71 bits per heavy atom. The second kappa shape index (κ2) is 7.12. The monoisotopic (exact) mass is 313 g/mol. The van der Waals surface area contributed by atoms with Crippen LogP contribution in [0.25, 0.3) is 0 Å². The van der Waals surface area contributed by atoms with E-state index in [1.807, 2.05) is 11.6 Å². The smallest absolute Gasteiger partial charge is 0.0890 e. The Morgan fingerprint density at radius 2 is 2.14 bits per heavy atom. The molecule has 1 saturated carbocycles. The Morgan fingerprint density at radius 1 is 1.48 bits per heavy atom. The first-order valence-electron chi connectivity index (χ1n) is 8.14. The van der Waals surface area contributed by atoms with Gasteiger partial charge < -0.3 is 10.5 Å². The van der Waals surface area contributed by atoms with E-state index in [1.54, 1.807) is 6.20 Å². The topological polar surface area (TPSA) is 53.1 Å². The maximum Gasteiger partial charge on any atom is 0.0890 e. The summed E-state index contributed by atoms with van der Waals surface area (Å²) in [5.74, 6) is 0.752. The van der Waals surface area contributed by atoms with Gasteiger partial charge in [-0.15, -0.1) is 0 Å². The predicted molar refractivity (Wildman–Crippen MR) is 86.4 cm³/mol. The van der Waals surface area contributed by atoms with Gasteiger partial charge in [-0.25, -0.2) is 0 Å². The number of nitrogens with two attached hydrogens (primary N) is 1. The fraction of sp³-hybridized carbons (Fsp3) is 0.812. The third-order valence-electron chi connectivity index (χ3n) is 4.68. The van der Waals surface area contributed by atoms with E-state index in [1.165, 1.54) is 0 Å². The van der Waals surface area contributed by atoms with Crippen molar-refractivity contribution in [3.05, 3.63) is 16.9 Å². The van der Waals surface area contributed by atoms with Crippen molar-refractivity contribution in [2.75, 3.05) is 6.61 Å². The van der Waals surface area contributed by atoms with E-state index in [4.69, 9.17) is 22.1 Å². The maximum absolute atomic E-state index is 6.64. The number of aromatic nitrogens is 2. The molecule has 1 aliphatic carbocycles. The normalized spacial score (nSPS) is 27.8. The van der Waals surface area contributed by atoms with Crippen LogP contribution < -0.4 is 5.73 Å². The number of aryl methyl sites for hydroxylation is 1. The molecule has 2 N–H and O–H groups in total. The minimum absolute atomic E-state index is 0.216. The van der Waals surface area contributed by atoms with Crippen LogP contribution in [0.1, 0.15) is 64.6 Å². The molecule has 0 amide bonds. The average molecular weight is 314 g/mol. The van der Waals surface area contributed by atoms with E-state index in [0.717, 1.165) is 50.3 Å². The molecule has 4 nitrogen and oxygen atoms in total. The van der Waals surface area contributed by atoms with E-state index >= 15 is 0 Å². The highest BCUT2D eigenvalue weighted by Gasteiger charge is 2.43. The van der Waals surface area contributed by atoms with E-state index in [-0.39, 0.29) is 11.6 Å². The van der Waals surface area contributed by atoms with Crippen molar-refractivity contribution in [1.82, 2.24) is 9.78 Å². The number of rotatable bonds is 6. The van der Waals surface area contributed by atoms with Gasteiger partial charge in [0.1, 0.15) is 0 Å². The summed E-state index contributed by atoms with van der Waals surface area (Å²) in [7, 11) is 0. The van der Waals surface area contributed by atoms with E-state index in [2.05, 4.69) is 18.9 Å². The number of nitrogens with zero attached hydrogens (tertiary/aromatic N) is 2. The first-order chi connectivity index (χ1) is 10.0. The Balaban J connectivity index is 2.30. The van der Waals surface area contributed by atoms with Crippen LogP contribution in [-0.2, 0) is 11.3 Å². The summed E-state index contributed by atoms with van der Waals surface area (Å²) in [4.78, 5) is 0. The van der Waals surface area contributed by atoms with Crippen LogP contribution in [0, 0.1) is 5.92 Å². The summed E-state index contributed by atoms with van der Waals surface area (Å²) < 4.78 is 8.12. The molecule has 120 valence electrons. The van der Waals surface area contributed by atoms with E-state index < -0.39 is 0 Å². The Labute approximate surface area is 133 Å². The van der Waals surface area contributed by atoms with Crippen molar-refractivity contribution in [2.24, 2.45) is 11.7 Å². The molecule has 0 aromatic carbocycles. The third-order valence-corrected chi connectivity index (χ3v) is 4.97. The van der Waals surface area contributed by atoms with Crippen LogP contribution in [-0.4, -0.2) is 22.0 Å². The summed E-state index contributed by atoms with van der Waals surface area (Å²) in [6, 6.07) is -0.216. The molecule has 1 aromatic rings. The highest BCUT2D eigenvalue weighted by atomic mass is 35.5. The quantitative estimate of drug-likeness (QED) is 0.865. The fourth-order valence-corrected chi connectivity index (χ4v) is 3.66. The van der Waals surface area contributed by atoms with E-state index in [9.17, 15) is 0 Å². The van der Waals surface area contributed by atoms with Crippen LogP contribution in [0.5, 0.6) is 0 Å². The fourth-order valence-electron chi connectivity index (χ4n) is 3.40. The second-order valence-electron chi connectivity index (χ2n) is 6.26. The predicted octanol–water partition coefficient (Wildman–Crippen LogP) is 3.93. The third kappa shape index (κ3) is 3.43. The van der Waals surface area contributed by atoms with Gasteiger partial charge >= 0.3 is 0 Å². The maximum atomic E-state index is 6.64. The molecule has 2 rings (SSSR count). The molecule has 1 aromatic heterocycles. The highest BCUT2D eigenvalue weighted by Crippen LogP contribution is 2.43. The number of ether oxygens (including phenoxy) is 1. The average Bonchev–Trinajstić information content (AvgIpc) is 2.82. The molecule has 21 heavy (non-hydrogen) atoms. The number of hydrogen-bond donors (Lipinski definition) is 1. The largest absolute Gasteiger partial charge is 0.373 e. The highest BCUT2D eigenvalue weighted by molar-refractivity contribution is 6.31. The zero-order chi connectivity index (χ0) is 15.5. The van der Waals surface area contributed by atoms with Crippen molar-refractivity contribution in [2.45, 2.75) is 71.1 Å². The summed E-state index contributed by atoms with van der Waals surface area (Å²) in [6.45, 7) is 7.99. The zero-order valence-electron chi connectivity index (χ0n) is 13.4. The van der Waals surface area contributed by atoms with Crippen LogP contribution in [0.4, 0.5) is 0 Å². The molecule has 1 heterocycles. The van der Waals surface area contributed by atoms with Gasteiger partial charge in [-0.05, 0) is 44.9 Å². The first-order valence-corrected chi connectivity index (χ1v) is 8.52. The summed E-state index contributed by atoms with van der Waals surface area (Å²) in [5.41, 5.74) is 7.28. The lowest BCUT2D eigenvalue weighted by Gasteiger charge is -2.43. The van der Waals surface area contributed by atoms with Crippen molar-refractivity contribution < 1.29 is 4.74 Å². The Kier molecular flexibility index (Phi) is 5.69. The minimum Gasteiger partial charge on any atom is -0.373 e. The Bertz CT molecular complexity index is 452. The molecule has 0 radical (unpaired) electrons. The van der Waals surface area contributed by atoms with Gasteiger partial charge in [0.05, 0.1) is 28.6 Å². The lowest BCUT2D eigenvalue weighted by atomic mass is 9.74. The van der Waals surface area contributed by atoms with Crippen LogP contribution in [0.2, 0.25) is 5.02 Å². The summed E-state index contributed by atoms with van der Waals surface area (Å²) >= 11 is 6.37. The van der Waals surface area contributed by atoms with Gasteiger partial charge in [0.15, 0.2) is 0 Å². The van der Waals surface area contributed by atoms with Crippen molar-refractivity contribution in [1.29, 1.82) is 0 Å². The van der Waals surface area contributed by atoms with E-state index in [0.29, 0.717) is 11.6 Å². The van der Waals surface area contributed by atoms with Gasteiger partial charge in [-0.3, -0.25) is 4.68 Å². The van der Waals surface area contributed by atoms with Gasteiger partial charge in [0.25, 0.3) is 0 Å². The zero-order valence-corrected chi connectivity index (χ0v) is 14.2. The summed E-state index contributed by atoms with van der Waals surface area (Å²) in [6.07, 6.45) is 7.03. The Hall–Kier alpha value is -0.580. The molecule has 1 aliphatic rings. The minimum atomic E-state index is -0.295. The molecule has 1 unspecified atom stereocenters. The standard InChI is InChI=1S/C16H28ClN3O/c1-4-10-20-14(13(17)11-19-20)15(18)16(21-5-2)8-6-12(3)7-9-16/h11-12,15H,4-10,18H2,1-3H3. The van der Waals surface area contributed by atoms with Crippen LogP contribution in [0.15, 0.2) is 6.20 Å².